The summed E-state index contributed by atoms with van der Waals surface area (Å²) in [6, 6.07) is 0.684. The predicted molar refractivity (Wildman–Crippen MR) is 71.6 cm³/mol. The zero-order chi connectivity index (χ0) is 12.3. The first kappa shape index (κ1) is 13.0. The van der Waals surface area contributed by atoms with Gasteiger partial charge in [-0.3, -0.25) is 0 Å². The van der Waals surface area contributed by atoms with Crippen LogP contribution in [-0.2, 0) is 6.42 Å². The molecule has 0 aromatic carbocycles. The van der Waals surface area contributed by atoms with Crippen LogP contribution in [0, 0.1) is 0 Å². The summed E-state index contributed by atoms with van der Waals surface area (Å²) in [4.78, 5) is 7.20. The van der Waals surface area contributed by atoms with Gasteiger partial charge in [-0.05, 0) is 25.9 Å². The summed E-state index contributed by atoms with van der Waals surface area (Å²) in [5.41, 5.74) is 1.05. The third-order valence-corrected chi connectivity index (χ3v) is 4.55. The number of hydrogen-bond donors (Lipinski definition) is 1. The van der Waals surface area contributed by atoms with E-state index in [1.54, 1.807) is 11.3 Å². The predicted octanol–water partition coefficient (Wildman–Crippen LogP) is 2.27. The molecule has 1 fully saturated rings. The first-order valence-electron chi connectivity index (χ1n) is 6.53. The van der Waals surface area contributed by atoms with Crippen molar-refractivity contribution in [1.82, 2.24) is 9.88 Å². The standard InChI is InChI=1S/C13H22N2OS/c1-3-15-6-4-5-11(15)7-13-14-12(9-17-13)10(2)8-16/h9-11,16H,3-8H2,1-2H3. The van der Waals surface area contributed by atoms with Gasteiger partial charge in [0.25, 0.3) is 0 Å². The fourth-order valence-corrected chi connectivity index (χ4v) is 3.47. The number of aromatic nitrogens is 1. The number of hydrogen-bond acceptors (Lipinski definition) is 4. The lowest BCUT2D eigenvalue weighted by Crippen LogP contribution is -2.30. The summed E-state index contributed by atoms with van der Waals surface area (Å²) in [6.07, 6.45) is 3.71. The second-order valence-corrected chi connectivity index (χ2v) is 5.82. The van der Waals surface area contributed by atoms with Crippen LogP contribution in [0.15, 0.2) is 5.38 Å². The molecule has 1 aromatic rings. The molecule has 0 amide bonds. The highest BCUT2D eigenvalue weighted by atomic mass is 32.1. The number of likely N-dealkylation sites (N-methyl/N-ethyl adjacent to an activating group) is 1. The molecule has 1 aliphatic heterocycles. The van der Waals surface area contributed by atoms with Crippen LogP contribution in [0.5, 0.6) is 0 Å². The first-order chi connectivity index (χ1) is 8.24. The molecule has 0 bridgehead atoms. The Bertz CT molecular complexity index is 353. The van der Waals surface area contributed by atoms with E-state index in [1.165, 1.54) is 24.4 Å². The molecule has 0 aliphatic carbocycles. The lowest BCUT2D eigenvalue weighted by atomic mass is 10.1. The zero-order valence-corrected chi connectivity index (χ0v) is 11.5. The monoisotopic (exact) mass is 254 g/mol. The van der Waals surface area contributed by atoms with Gasteiger partial charge in [-0.25, -0.2) is 4.98 Å². The summed E-state index contributed by atoms with van der Waals surface area (Å²) in [6.45, 7) is 6.84. The van der Waals surface area contributed by atoms with Crippen molar-refractivity contribution < 1.29 is 5.11 Å². The van der Waals surface area contributed by atoms with Crippen LogP contribution in [0.3, 0.4) is 0 Å². The third kappa shape index (κ3) is 3.06. The largest absolute Gasteiger partial charge is 0.396 e. The molecule has 17 heavy (non-hydrogen) atoms. The Morgan fingerprint density at radius 2 is 2.47 bits per heavy atom. The van der Waals surface area contributed by atoms with Crippen molar-refractivity contribution in [3.63, 3.8) is 0 Å². The zero-order valence-electron chi connectivity index (χ0n) is 10.7. The van der Waals surface area contributed by atoms with Crippen LogP contribution in [-0.4, -0.2) is 40.7 Å². The van der Waals surface area contributed by atoms with Crippen molar-refractivity contribution in [3.8, 4) is 0 Å². The van der Waals surface area contributed by atoms with Crippen LogP contribution in [0.1, 0.15) is 43.3 Å². The molecular formula is C13H22N2OS. The number of nitrogens with zero attached hydrogens (tertiary/aromatic N) is 2. The Morgan fingerprint density at radius 3 is 3.18 bits per heavy atom. The average molecular weight is 254 g/mol. The van der Waals surface area contributed by atoms with Gasteiger partial charge < -0.3 is 10.0 Å². The highest BCUT2D eigenvalue weighted by molar-refractivity contribution is 7.09. The van der Waals surface area contributed by atoms with Gasteiger partial charge in [-0.2, -0.15) is 0 Å². The van der Waals surface area contributed by atoms with Crippen LogP contribution < -0.4 is 0 Å². The maximum absolute atomic E-state index is 9.12. The van der Waals surface area contributed by atoms with E-state index in [9.17, 15) is 0 Å². The molecule has 1 aliphatic rings. The molecule has 2 heterocycles. The number of rotatable bonds is 5. The quantitative estimate of drug-likeness (QED) is 0.875. The van der Waals surface area contributed by atoms with Gasteiger partial charge in [-0.1, -0.05) is 13.8 Å². The van der Waals surface area contributed by atoms with E-state index < -0.39 is 0 Å². The van der Waals surface area contributed by atoms with Crippen LogP contribution in [0.25, 0.3) is 0 Å². The third-order valence-electron chi connectivity index (χ3n) is 3.66. The number of likely N-dealkylation sites (tertiary alicyclic amines) is 1. The Labute approximate surface area is 107 Å². The minimum absolute atomic E-state index is 0.172. The Morgan fingerprint density at radius 1 is 1.65 bits per heavy atom. The van der Waals surface area contributed by atoms with Crippen LogP contribution in [0.2, 0.25) is 0 Å². The minimum atomic E-state index is 0.172. The van der Waals surface area contributed by atoms with Crippen molar-refractivity contribution in [2.24, 2.45) is 0 Å². The molecule has 3 nitrogen and oxygen atoms in total. The summed E-state index contributed by atoms with van der Waals surface area (Å²) >= 11 is 1.74. The average Bonchev–Trinajstić information content (AvgIpc) is 2.97. The first-order valence-corrected chi connectivity index (χ1v) is 7.41. The Balaban J connectivity index is 1.96. The minimum Gasteiger partial charge on any atom is -0.396 e. The molecule has 0 saturated carbocycles. The van der Waals surface area contributed by atoms with E-state index in [0.29, 0.717) is 6.04 Å². The summed E-state index contributed by atoms with van der Waals surface area (Å²) in [7, 11) is 0. The van der Waals surface area contributed by atoms with Crippen molar-refractivity contribution in [2.75, 3.05) is 19.7 Å². The molecule has 0 radical (unpaired) electrons. The molecule has 1 saturated heterocycles. The van der Waals surface area contributed by atoms with Crippen molar-refractivity contribution in [3.05, 3.63) is 16.1 Å². The van der Waals surface area contributed by atoms with E-state index in [-0.39, 0.29) is 12.5 Å². The van der Waals surface area contributed by atoms with Gasteiger partial charge in [-0.15, -0.1) is 11.3 Å². The topological polar surface area (TPSA) is 36.4 Å². The molecule has 96 valence electrons. The highest BCUT2D eigenvalue weighted by Gasteiger charge is 2.24. The van der Waals surface area contributed by atoms with Crippen molar-refractivity contribution in [2.45, 2.75) is 45.1 Å². The summed E-state index contributed by atoms with van der Waals surface area (Å²) < 4.78 is 0. The maximum Gasteiger partial charge on any atom is 0.0944 e. The van der Waals surface area contributed by atoms with Crippen molar-refractivity contribution in [1.29, 1.82) is 0 Å². The maximum atomic E-state index is 9.12. The van der Waals surface area contributed by atoms with Crippen LogP contribution >= 0.6 is 11.3 Å². The molecule has 2 atom stereocenters. The fraction of sp³-hybridized carbons (Fsp3) is 0.769. The van der Waals surface area contributed by atoms with Gasteiger partial charge in [0.15, 0.2) is 0 Å². The lowest BCUT2D eigenvalue weighted by Gasteiger charge is -2.21. The molecule has 0 spiro atoms. The van der Waals surface area contributed by atoms with E-state index in [0.717, 1.165) is 18.7 Å². The Kier molecular flexibility index (Phi) is 4.54. The van der Waals surface area contributed by atoms with Gasteiger partial charge in [0, 0.05) is 23.8 Å². The van der Waals surface area contributed by atoms with Gasteiger partial charge in [0.2, 0.25) is 0 Å². The van der Waals surface area contributed by atoms with Crippen molar-refractivity contribution >= 4 is 11.3 Å². The smallest absolute Gasteiger partial charge is 0.0944 e. The SMILES string of the molecule is CCN1CCCC1Cc1nc(C(C)CO)cs1. The second-order valence-electron chi connectivity index (χ2n) is 4.88. The van der Waals surface area contributed by atoms with E-state index >= 15 is 0 Å². The molecule has 2 unspecified atom stereocenters. The normalized spacial score (nSPS) is 23.1. The van der Waals surface area contributed by atoms with E-state index in [2.05, 4.69) is 22.2 Å². The molecule has 1 aromatic heterocycles. The molecule has 4 heteroatoms. The summed E-state index contributed by atoms with van der Waals surface area (Å²) in [5, 5.41) is 12.4. The van der Waals surface area contributed by atoms with Gasteiger partial charge in [0.1, 0.15) is 0 Å². The fourth-order valence-electron chi connectivity index (χ4n) is 2.48. The van der Waals surface area contributed by atoms with E-state index in [4.69, 9.17) is 5.11 Å². The molecular weight excluding hydrogens is 232 g/mol. The number of aliphatic hydroxyl groups excluding tert-OH is 1. The Hall–Kier alpha value is -0.450. The van der Waals surface area contributed by atoms with Gasteiger partial charge >= 0.3 is 0 Å². The highest BCUT2D eigenvalue weighted by Crippen LogP contribution is 2.24. The van der Waals surface area contributed by atoms with Crippen LogP contribution in [0.4, 0.5) is 0 Å². The lowest BCUT2D eigenvalue weighted by molar-refractivity contribution is 0.264. The second kappa shape index (κ2) is 5.94. The molecule has 1 N–H and O–H groups in total. The molecule has 2 rings (SSSR count). The summed E-state index contributed by atoms with van der Waals surface area (Å²) in [5.74, 6) is 0.172. The number of aliphatic hydroxyl groups is 1. The van der Waals surface area contributed by atoms with Gasteiger partial charge in [0.05, 0.1) is 17.3 Å². The van der Waals surface area contributed by atoms with E-state index in [1.807, 2.05) is 6.92 Å². The number of thiazole rings is 1.